The summed E-state index contributed by atoms with van der Waals surface area (Å²) in [4.78, 5) is 15.1. The summed E-state index contributed by atoms with van der Waals surface area (Å²) in [5.41, 5.74) is 7.37. The second-order valence-corrected chi connectivity index (χ2v) is 4.74. The lowest BCUT2D eigenvalue weighted by atomic mass is 10.0. The van der Waals surface area contributed by atoms with E-state index in [1.165, 1.54) is 12.4 Å². The summed E-state index contributed by atoms with van der Waals surface area (Å²) in [5.74, 6) is -0.892. The van der Waals surface area contributed by atoms with Crippen LogP contribution in [0.4, 0.5) is 4.39 Å². The van der Waals surface area contributed by atoms with Crippen LogP contribution in [0.15, 0.2) is 42.7 Å². The summed E-state index contributed by atoms with van der Waals surface area (Å²) in [5, 5.41) is 15.1. The number of halogens is 1. The summed E-state index contributed by atoms with van der Waals surface area (Å²) < 4.78 is 13.3. The first kappa shape index (κ1) is 14.6. The van der Waals surface area contributed by atoms with Gasteiger partial charge in [-0.3, -0.25) is 4.79 Å². The van der Waals surface area contributed by atoms with Gasteiger partial charge in [-0.15, -0.1) is 20.4 Å². The number of nitrogens with zero attached hydrogens (tertiary/aromatic N) is 5. The molecule has 23 heavy (non-hydrogen) atoms. The average molecular weight is 310 g/mol. The van der Waals surface area contributed by atoms with Gasteiger partial charge in [0.2, 0.25) is 11.8 Å². The number of amides is 1. The number of benzene rings is 1. The molecule has 2 N–H and O–H groups in total. The fourth-order valence-corrected chi connectivity index (χ4v) is 2.12. The third-order valence-corrected chi connectivity index (χ3v) is 3.20. The normalized spacial score (nSPS) is 10.5. The molecule has 0 saturated heterocycles. The number of hydrogen-bond donors (Lipinski definition) is 1. The highest BCUT2D eigenvalue weighted by Crippen LogP contribution is 2.17. The maximum Gasteiger partial charge on any atom is 0.250 e. The second-order valence-electron chi connectivity index (χ2n) is 4.74. The van der Waals surface area contributed by atoms with E-state index in [4.69, 9.17) is 5.73 Å². The minimum absolute atomic E-state index is 0.204. The highest BCUT2D eigenvalue weighted by Gasteiger charge is 2.12. The molecule has 1 amide bonds. The van der Waals surface area contributed by atoms with Gasteiger partial charge in [0.15, 0.2) is 6.33 Å². The predicted octanol–water partition coefficient (Wildman–Crippen LogP) is 1.16. The van der Waals surface area contributed by atoms with Gasteiger partial charge in [0.05, 0.1) is 11.3 Å². The van der Waals surface area contributed by atoms with E-state index in [0.29, 0.717) is 11.5 Å². The molecule has 0 aliphatic rings. The zero-order valence-corrected chi connectivity index (χ0v) is 11.8. The molecule has 3 rings (SSSR count). The Morgan fingerprint density at radius 1 is 1.04 bits per heavy atom. The average Bonchev–Trinajstić information content (AvgIpc) is 2.56. The van der Waals surface area contributed by atoms with Crippen molar-refractivity contribution in [2.75, 3.05) is 0 Å². The van der Waals surface area contributed by atoms with Crippen molar-refractivity contribution < 1.29 is 9.18 Å². The van der Waals surface area contributed by atoms with Crippen LogP contribution in [0.5, 0.6) is 0 Å². The quantitative estimate of drug-likeness (QED) is 0.724. The largest absolute Gasteiger partial charge is 0.366 e. The Hall–Kier alpha value is -3.29. The van der Waals surface area contributed by atoms with Crippen LogP contribution < -0.4 is 5.73 Å². The first-order chi connectivity index (χ1) is 11.1. The van der Waals surface area contributed by atoms with Crippen LogP contribution in [0.25, 0.3) is 11.4 Å². The van der Waals surface area contributed by atoms with Crippen molar-refractivity contribution in [3.63, 3.8) is 0 Å². The number of rotatable bonds is 4. The van der Waals surface area contributed by atoms with E-state index in [2.05, 4.69) is 25.4 Å². The Kier molecular flexibility index (Phi) is 3.96. The fraction of sp³-hybridized carbons (Fsp3) is 0.0667. The van der Waals surface area contributed by atoms with Gasteiger partial charge in [0.25, 0.3) is 5.91 Å². The molecule has 3 aromatic rings. The molecule has 0 radical (unpaired) electrons. The molecule has 0 atom stereocenters. The lowest BCUT2D eigenvalue weighted by molar-refractivity contribution is 0.0999. The van der Waals surface area contributed by atoms with E-state index >= 15 is 0 Å². The minimum atomic E-state index is -0.656. The van der Waals surface area contributed by atoms with Crippen molar-refractivity contribution >= 4 is 5.91 Å². The molecule has 7 nitrogen and oxygen atoms in total. The molecule has 0 unspecified atom stereocenters. The third-order valence-electron chi connectivity index (χ3n) is 3.20. The molecule has 0 fully saturated rings. The van der Waals surface area contributed by atoms with Crippen molar-refractivity contribution in [3.8, 4) is 11.4 Å². The molecule has 0 aliphatic heterocycles. The molecule has 1 aromatic carbocycles. The number of primary amides is 1. The summed E-state index contributed by atoms with van der Waals surface area (Å²) in [6.45, 7) is 0. The lowest BCUT2D eigenvalue weighted by Crippen LogP contribution is -2.15. The third kappa shape index (κ3) is 3.31. The smallest absolute Gasteiger partial charge is 0.250 e. The number of carbonyl (C=O) groups is 1. The van der Waals surface area contributed by atoms with Crippen LogP contribution in [-0.4, -0.2) is 31.3 Å². The van der Waals surface area contributed by atoms with E-state index < -0.39 is 11.9 Å². The minimum Gasteiger partial charge on any atom is -0.366 e. The first-order valence-corrected chi connectivity index (χ1v) is 6.68. The zero-order chi connectivity index (χ0) is 16.2. The zero-order valence-electron chi connectivity index (χ0n) is 11.8. The van der Waals surface area contributed by atoms with Crippen molar-refractivity contribution in [1.82, 2.24) is 25.4 Å². The second kappa shape index (κ2) is 6.22. The highest BCUT2D eigenvalue weighted by atomic mass is 19.1. The van der Waals surface area contributed by atoms with Gasteiger partial charge in [-0.1, -0.05) is 24.3 Å². The summed E-state index contributed by atoms with van der Waals surface area (Å²) in [6.07, 6.45) is 1.53. The number of hydrogen-bond acceptors (Lipinski definition) is 6. The maximum atomic E-state index is 13.3. The number of carbonyl (C=O) groups excluding carboxylic acids is 1. The van der Waals surface area contributed by atoms with Crippen molar-refractivity contribution in [3.05, 3.63) is 65.5 Å². The first-order valence-electron chi connectivity index (χ1n) is 6.68. The van der Waals surface area contributed by atoms with Crippen LogP contribution in [0.1, 0.15) is 21.6 Å². The highest BCUT2D eigenvalue weighted by molar-refractivity contribution is 5.93. The Bertz CT molecular complexity index is 838. The lowest BCUT2D eigenvalue weighted by Gasteiger charge is -2.07. The van der Waals surface area contributed by atoms with E-state index in [1.54, 1.807) is 12.1 Å². The Balaban J connectivity index is 1.87. The van der Waals surface area contributed by atoms with Gasteiger partial charge in [-0.05, 0) is 17.7 Å². The molecule has 0 bridgehead atoms. The summed E-state index contributed by atoms with van der Waals surface area (Å²) in [6, 6.07) is 9.64. The van der Waals surface area contributed by atoms with E-state index in [0.717, 1.165) is 17.2 Å². The molecule has 0 saturated carbocycles. The van der Waals surface area contributed by atoms with Gasteiger partial charge >= 0.3 is 0 Å². The maximum absolute atomic E-state index is 13.3. The van der Waals surface area contributed by atoms with E-state index in [-0.39, 0.29) is 12.0 Å². The fourth-order valence-electron chi connectivity index (χ4n) is 2.12. The Morgan fingerprint density at radius 3 is 2.39 bits per heavy atom. The monoisotopic (exact) mass is 310 g/mol. The topological polar surface area (TPSA) is 108 Å². The van der Waals surface area contributed by atoms with Crippen LogP contribution in [0, 0.1) is 5.95 Å². The van der Waals surface area contributed by atoms with Crippen molar-refractivity contribution in [1.29, 1.82) is 0 Å². The number of pyridine rings is 1. The Labute approximate surface area is 130 Å². The molecule has 0 aliphatic carbocycles. The summed E-state index contributed by atoms with van der Waals surface area (Å²) >= 11 is 0. The molecular weight excluding hydrogens is 299 g/mol. The molecule has 0 spiro atoms. The van der Waals surface area contributed by atoms with Gasteiger partial charge in [-0.2, -0.15) is 4.39 Å². The van der Waals surface area contributed by atoms with E-state index in [9.17, 15) is 9.18 Å². The standard InChI is InChI=1S/C15H11FN6O/c16-13-6-5-11(14(17)23)12(20-13)7-9-1-3-10(4-2-9)15-21-18-8-19-22-15/h1-6,8H,7H2,(H2,17,23). The molecule has 2 aromatic heterocycles. The van der Waals surface area contributed by atoms with Crippen molar-refractivity contribution in [2.24, 2.45) is 5.73 Å². The van der Waals surface area contributed by atoms with Gasteiger partial charge < -0.3 is 5.73 Å². The molecular formula is C15H11FN6O. The summed E-state index contributed by atoms with van der Waals surface area (Å²) in [7, 11) is 0. The molecule has 2 heterocycles. The number of aromatic nitrogens is 5. The van der Waals surface area contributed by atoms with Gasteiger partial charge in [0.1, 0.15) is 0 Å². The molecule has 114 valence electrons. The van der Waals surface area contributed by atoms with Crippen LogP contribution in [0.2, 0.25) is 0 Å². The Morgan fingerprint density at radius 2 is 1.74 bits per heavy atom. The van der Waals surface area contributed by atoms with Gasteiger partial charge in [-0.25, -0.2) is 4.98 Å². The molecule has 8 heteroatoms. The van der Waals surface area contributed by atoms with Crippen molar-refractivity contribution in [2.45, 2.75) is 6.42 Å². The van der Waals surface area contributed by atoms with Crippen LogP contribution >= 0.6 is 0 Å². The predicted molar refractivity (Wildman–Crippen MR) is 78.6 cm³/mol. The van der Waals surface area contributed by atoms with Crippen LogP contribution in [0.3, 0.4) is 0 Å². The van der Waals surface area contributed by atoms with Crippen LogP contribution in [-0.2, 0) is 6.42 Å². The number of nitrogens with two attached hydrogens (primary N) is 1. The van der Waals surface area contributed by atoms with E-state index in [1.807, 2.05) is 12.1 Å². The van der Waals surface area contributed by atoms with Gasteiger partial charge in [0, 0.05) is 12.0 Å². The SMILES string of the molecule is NC(=O)c1ccc(F)nc1Cc1ccc(-c2nncnn2)cc1.